The zero-order valence-electron chi connectivity index (χ0n) is 5.46. The maximum absolute atomic E-state index is 10.8. The second-order valence-corrected chi connectivity index (χ2v) is 2.81. The van der Waals surface area contributed by atoms with Crippen molar-refractivity contribution in [2.75, 3.05) is 7.11 Å². The van der Waals surface area contributed by atoms with Crippen LogP contribution in [0.15, 0.2) is 12.1 Å². The van der Waals surface area contributed by atoms with Crippen molar-refractivity contribution in [2.45, 2.75) is 0 Å². The molecule has 0 bridgehead atoms. The van der Waals surface area contributed by atoms with E-state index in [-0.39, 0.29) is 5.97 Å². The molecule has 10 heavy (non-hydrogen) atoms. The van der Waals surface area contributed by atoms with Crippen LogP contribution in [0.1, 0.15) is 9.67 Å². The Balaban J connectivity index is 2.85. The molecule has 1 heterocycles. The number of hydrogen-bond donors (Lipinski definition) is 0. The molecule has 1 rings (SSSR count). The molecule has 0 aromatic carbocycles. The lowest BCUT2D eigenvalue weighted by Crippen LogP contribution is -1.97. The summed E-state index contributed by atoms with van der Waals surface area (Å²) in [5, 5.41) is 0. The van der Waals surface area contributed by atoms with Crippen LogP contribution in [0, 0.1) is 0 Å². The van der Waals surface area contributed by atoms with E-state index in [4.69, 9.17) is 7.85 Å². The summed E-state index contributed by atoms with van der Waals surface area (Å²) in [7, 11) is 6.73. The predicted octanol–water partition coefficient (Wildman–Crippen LogP) is 0.329. The average Bonchev–Trinajstić information content (AvgIpc) is 2.34. The minimum Gasteiger partial charge on any atom is -0.465 e. The van der Waals surface area contributed by atoms with Crippen molar-refractivity contribution in [3.05, 3.63) is 17.0 Å². The molecule has 0 aliphatic heterocycles. The Morgan fingerprint density at radius 1 is 1.70 bits per heavy atom. The molecule has 0 aliphatic rings. The summed E-state index contributed by atoms with van der Waals surface area (Å²) < 4.78 is 5.09. The van der Waals surface area contributed by atoms with Gasteiger partial charge in [-0.25, -0.2) is 4.79 Å². The van der Waals surface area contributed by atoms with E-state index in [0.717, 1.165) is 0 Å². The van der Waals surface area contributed by atoms with E-state index in [9.17, 15) is 4.79 Å². The van der Waals surface area contributed by atoms with Gasteiger partial charge in [-0.05, 0) is 10.8 Å². The van der Waals surface area contributed by atoms with Gasteiger partial charge in [-0.2, -0.15) is 0 Å². The molecular weight excluding hydrogens is 147 g/mol. The third kappa shape index (κ3) is 1.39. The maximum atomic E-state index is 10.8. The first-order chi connectivity index (χ1) is 4.74. The van der Waals surface area contributed by atoms with E-state index in [1.165, 1.54) is 18.4 Å². The SMILES string of the molecule is [B]c1ccc(C(=O)OC)s1. The van der Waals surface area contributed by atoms with Crippen LogP contribution >= 0.6 is 11.3 Å². The fourth-order valence-electron chi connectivity index (χ4n) is 0.563. The average molecular weight is 152 g/mol. The maximum Gasteiger partial charge on any atom is 0.347 e. The molecule has 1 aromatic rings. The van der Waals surface area contributed by atoms with Gasteiger partial charge in [0.25, 0.3) is 0 Å². The third-order valence-electron chi connectivity index (χ3n) is 1.01. The fourth-order valence-corrected chi connectivity index (χ4v) is 1.26. The van der Waals surface area contributed by atoms with E-state index >= 15 is 0 Å². The quantitative estimate of drug-likeness (QED) is 0.428. The van der Waals surface area contributed by atoms with Crippen LogP contribution in [-0.2, 0) is 4.74 Å². The Bertz CT molecular complexity index is 244. The molecule has 2 radical (unpaired) electrons. The molecule has 2 nitrogen and oxygen atoms in total. The molecule has 0 unspecified atom stereocenters. The van der Waals surface area contributed by atoms with Gasteiger partial charge >= 0.3 is 5.97 Å². The molecule has 4 heteroatoms. The Kier molecular flexibility index (Phi) is 2.11. The van der Waals surface area contributed by atoms with Crippen molar-refractivity contribution in [3.8, 4) is 0 Å². The summed E-state index contributed by atoms with van der Waals surface area (Å²) in [5.41, 5.74) is 0. The second kappa shape index (κ2) is 2.88. The molecule has 0 atom stereocenters. The molecule has 1 aromatic heterocycles. The highest BCUT2D eigenvalue weighted by Crippen LogP contribution is 2.05. The van der Waals surface area contributed by atoms with E-state index in [1.54, 1.807) is 12.1 Å². The number of thiophene rings is 1. The standard InChI is InChI=1S/C6H5BO2S/c1-9-6(8)4-2-3-5(7)10-4/h2-3H,1H3. The van der Waals surface area contributed by atoms with Crippen LogP contribution in [0.4, 0.5) is 0 Å². The number of methoxy groups -OCH3 is 1. The van der Waals surface area contributed by atoms with E-state index in [1.807, 2.05) is 0 Å². The first kappa shape index (κ1) is 7.34. The Morgan fingerprint density at radius 2 is 2.40 bits per heavy atom. The smallest absolute Gasteiger partial charge is 0.347 e. The normalized spacial score (nSPS) is 9.30. The van der Waals surface area contributed by atoms with E-state index < -0.39 is 0 Å². The van der Waals surface area contributed by atoms with E-state index in [0.29, 0.717) is 9.65 Å². The number of carbonyl (C=O) groups excluding carboxylic acids is 1. The summed E-state index contributed by atoms with van der Waals surface area (Å²) in [6.07, 6.45) is 0. The molecule has 0 spiro atoms. The number of esters is 1. The van der Waals surface area contributed by atoms with Gasteiger partial charge in [-0.1, -0.05) is 6.07 Å². The first-order valence-corrected chi connectivity index (χ1v) is 3.49. The van der Waals surface area contributed by atoms with Gasteiger partial charge in [-0.3, -0.25) is 0 Å². The highest BCUT2D eigenvalue weighted by atomic mass is 32.1. The molecule has 0 N–H and O–H groups in total. The van der Waals surface area contributed by atoms with Crippen molar-refractivity contribution < 1.29 is 9.53 Å². The van der Waals surface area contributed by atoms with Gasteiger partial charge in [0.1, 0.15) is 12.7 Å². The summed E-state index contributed by atoms with van der Waals surface area (Å²) in [5.74, 6) is -0.332. The molecule has 0 saturated carbocycles. The number of ether oxygens (including phenoxy) is 1. The highest BCUT2D eigenvalue weighted by molar-refractivity contribution is 7.21. The number of rotatable bonds is 1. The second-order valence-electron chi connectivity index (χ2n) is 1.69. The summed E-state index contributed by atoms with van der Waals surface area (Å²) in [6, 6.07) is 3.32. The van der Waals surface area contributed by atoms with Gasteiger partial charge in [0.15, 0.2) is 0 Å². The minimum atomic E-state index is -0.332. The van der Waals surface area contributed by atoms with Gasteiger partial charge in [0.05, 0.1) is 7.11 Å². The first-order valence-electron chi connectivity index (χ1n) is 2.67. The summed E-state index contributed by atoms with van der Waals surface area (Å²) >= 11 is 1.22. The zero-order chi connectivity index (χ0) is 7.56. The topological polar surface area (TPSA) is 26.3 Å². The van der Waals surface area contributed by atoms with Crippen molar-refractivity contribution >= 4 is 29.9 Å². The molecule has 0 saturated heterocycles. The van der Waals surface area contributed by atoms with Crippen molar-refractivity contribution in [2.24, 2.45) is 0 Å². The van der Waals surface area contributed by atoms with Crippen LogP contribution < -0.4 is 4.78 Å². The summed E-state index contributed by atoms with van der Waals surface area (Å²) in [4.78, 5) is 11.3. The van der Waals surface area contributed by atoms with E-state index in [2.05, 4.69) is 4.74 Å². The molecular formula is C6H5BO2S. The highest BCUT2D eigenvalue weighted by Gasteiger charge is 2.05. The molecule has 0 fully saturated rings. The van der Waals surface area contributed by atoms with Crippen LogP contribution in [0.3, 0.4) is 0 Å². The predicted molar refractivity (Wildman–Crippen MR) is 41.0 cm³/mol. The number of carbonyl (C=O) groups is 1. The van der Waals surface area contributed by atoms with Crippen LogP contribution in [0.2, 0.25) is 0 Å². The Hall–Kier alpha value is -0.765. The lowest BCUT2D eigenvalue weighted by molar-refractivity contribution is 0.0606. The van der Waals surface area contributed by atoms with Gasteiger partial charge in [-0.15, -0.1) is 11.3 Å². The van der Waals surface area contributed by atoms with Crippen molar-refractivity contribution in [3.63, 3.8) is 0 Å². The monoisotopic (exact) mass is 152 g/mol. The van der Waals surface area contributed by atoms with Gasteiger partial charge in [0, 0.05) is 0 Å². The van der Waals surface area contributed by atoms with Crippen molar-refractivity contribution in [1.82, 2.24) is 0 Å². The molecule has 0 amide bonds. The molecule has 0 aliphatic carbocycles. The summed E-state index contributed by atoms with van der Waals surface area (Å²) in [6.45, 7) is 0. The molecule has 50 valence electrons. The third-order valence-corrected chi connectivity index (χ3v) is 1.91. The van der Waals surface area contributed by atoms with Crippen LogP contribution in [-0.4, -0.2) is 20.9 Å². The largest absolute Gasteiger partial charge is 0.465 e. The van der Waals surface area contributed by atoms with Gasteiger partial charge in [0.2, 0.25) is 0 Å². The lowest BCUT2D eigenvalue weighted by atomic mass is 10.1. The zero-order valence-corrected chi connectivity index (χ0v) is 6.27. The van der Waals surface area contributed by atoms with Gasteiger partial charge < -0.3 is 4.74 Å². The Labute approximate surface area is 64.2 Å². The van der Waals surface area contributed by atoms with Crippen LogP contribution in [0.5, 0.6) is 0 Å². The minimum absolute atomic E-state index is 0.332. The lowest BCUT2D eigenvalue weighted by Gasteiger charge is -1.90. The number of hydrogen-bond acceptors (Lipinski definition) is 3. The fraction of sp³-hybridized carbons (Fsp3) is 0.167. The van der Waals surface area contributed by atoms with Crippen molar-refractivity contribution in [1.29, 1.82) is 0 Å². The van der Waals surface area contributed by atoms with Crippen LogP contribution in [0.25, 0.3) is 0 Å². The Morgan fingerprint density at radius 3 is 2.80 bits per heavy atom.